The summed E-state index contributed by atoms with van der Waals surface area (Å²) in [5.41, 5.74) is 3.56. The first kappa shape index (κ1) is 21.9. The highest BCUT2D eigenvalue weighted by molar-refractivity contribution is 7.15. The maximum Gasteiger partial charge on any atom is 0.321 e. The molecule has 1 fully saturated rings. The third kappa shape index (κ3) is 5.92. The predicted molar refractivity (Wildman–Crippen MR) is 132 cm³/mol. The van der Waals surface area contributed by atoms with Crippen LogP contribution in [0.1, 0.15) is 47.4 Å². The van der Waals surface area contributed by atoms with Gasteiger partial charge in [-0.2, -0.15) is 0 Å². The number of carbonyl (C=O) groups is 1. The van der Waals surface area contributed by atoms with Crippen molar-refractivity contribution in [3.05, 3.63) is 76.3 Å². The molecule has 1 saturated carbocycles. The fourth-order valence-electron chi connectivity index (χ4n) is 4.52. The number of aromatic nitrogens is 1. The van der Waals surface area contributed by atoms with E-state index in [1.165, 1.54) is 28.8 Å². The number of rotatable bonds is 7. The van der Waals surface area contributed by atoms with Crippen LogP contribution >= 0.6 is 11.3 Å². The number of benzene rings is 2. The van der Waals surface area contributed by atoms with E-state index in [0.29, 0.717) is 17.8 Å². The van der Waals surface area contributed by atoms with Crippen LogP contribution in [0.15, 0.2) is 54.6 Å². The van der Waals surface area contributed by atoms with Gasteiger partial charge in [0, 0.05) is 37.0 Å². The number of fused-ring (bicyclic) bond motifs is 1. The summed E-state index contributed by atoms with van der Waals surface area (Å²) in [6, 6.07) is 18.8. The second-order valence-corrected chi connectivity index (χ2v) is 9.93. The summed E-state index contributed by atoms with van der Waals surface area (Å²) >= 11 is 1.60. The van der Waals surface area contributed by atoms with Gasteiger partial charge in [0.25, 0.3) is 0 Å². The summed E-state index contributed by atoms with van der Waals surface area (Å²) < 4.78 is 5.90. The fraction of sp³-hybridized carbons (Fsp3) is 0.385. The molecule has 1 aliphatic heterocycles. The summed E-state index contributed by atoms with van der Waals surface area (Å²) in [6.07, 6.45) is 5.48. The van der Waals surface area contributed by atoms with Gasteiger partial charge in [0.1, 0.15) is 12.4 Å². The molecule has 0 unspecified atom stereocenters. The topological polar surface area (TPSA) is 66.5 Å². The summed E-state index contributed by atoms with van der Waals surface area (Å²) in [7, 11) is 0. The molecule has 7 heteroatoms. The molecule has 1 aliphatic carbocycles. The lowest BCUT2D eigenvalue weighted by molar-refractivity contribution is 0.246. The third-order valence-electron chi connectivity index (χ3n) is 6.30. The van der Waals surface area contributed by atoms with Gasteiger partial charge in [-0.1, -0.05) is 55.3 Å². The molecule has 2 aromatic carbocycles. The Hall–Kier alpha value is -2.90. The van der Waals surface area contributed by atoms with Gasteiger partial charge in [-0.15, -0.1) is 11.3 Å². The molecule has 2 aliphatic rings. The maximum atomic E-state index is 12.3. The minimum absolute atomic E-state index is 0.126. The normalized spacial score (nSPS) is 16.4. The summed E-state index contributed by atoms with van der Waals surface area (Å²) in [5.74, 6) is 0.887. The van der Waals surface area contributed by atoms with Crippen molar-refractivity contribution in [2.45, 2.75) is 57.8 Å². The number of thiazole rings is 1. The van der Waals surface area contributed by atoms with Crippen LogP contribution in [0, 0.1) is 0 Å². The maximum absolute atomic E-state index is 12.3. The molecule has 3 aromatic rings. The standard InChI is InChI=1S/C26H30N4O2S/c31-25(27-21-8-4-5-9-21)29-26-28-23-14-15-30(17-24(23)33-26)16-19-10-12-22(13-11-19)32-18-20-6-2-1-3-7-20/h1-3,6-7,10-13,21H,4-5,8-9,14-18H2,(H2,27,28,29,31). The average molecular weight is 463 g/mol. The Balaban J connectivity index is 1.11. The van der Waals surface area contributed by atoms with Crippen LogP contribution < -0.4 is 15.4 Å². The Kier molecular flexibility index (Phi) is 6.88. The zero-order valence-electron chi connectivity index (χ0n) is 18.8. The first-order valence-corrected chi connectivity index (χ1v) is 12.6. The molecule has 0 bridgehead atoms. The van der Waals surface area contributed by atoms with Gasteiger partial charge >= 0.3 is 6.03 Å². The Bertz CT molecular complexity index is 1060. The number of nitrogens with zero attached hydrogens (tertiary/aromatic N) is 2. The van der Waals surface area contributed by atoms with Crippen molar-refractivity contribution < 1.29 is 9.53 Å². The third-order valence-corrected chi connectivity index (χ3v) is 7.30. The van der Waals surface area contributed by atoms with E-state index < -0.39 is 0 Å². The molecule has 2 amide bonds. The Labute approximate surface area is 199 Å². The number of hydrogen-bond acceptors (Lipinski definition) is 5. The lowest BCUT2D eigenvalue weighted by atomic mass is 10.1. The summed E-state index contributed by atoms with van der Waals surface area (Å²) in [5, 5.41) is 6.72. The first-order chi connectivity index (χ1) is 16.2. The summed E-state index contributed by atoms with van der Waals surface area (Å²) in [6.45, 7) is 3.30. The number of amides is 2. The minimum Gasteiger partial charge on any atom is -0.489 e. The SMILES string of the molecule is O=C(Nc1nc2c(s1)CN(Cc1ccc(OCc3ccccc3)cc1)CC2)NC1CCCC1. The molecular weight excluding hydrogens is 432 g/mol. The molecule has 0 atom stereocenters. The molecule has 172 valence electrons. The van der Waals surface area contributed by atoms with Crippen molar-refractivity contribution in [1.82, 2.24) is 15.2 Å². The van der Waals surface area contributed by atoms with Gasteiger partial charge in [-0.25, -0.2) is 9.78 Å². The number of urea groups is 1. The Morgan fingerprint density at radius 2 is 1.85 bits per heavy atom. The van der Waals surface area contributed by atoms with E-state index in [1.54, 1.807) is 11.3 Å². The van der Waals surface area contributed by atoms with Crippen LogP contribution in [0.2, 0.25) is 0 Å². The first-order valence-electron chi connectivity index (χ1n) is 11.8. The van der Waals surface area contributed by atoms with Gasteiger partial charge in [-0.05, 0) is 36.1 Å². The average Bonchev–Trinajstić information content (AvgIpc) is 3.48. The second kappa shape index (κ2) is 10.4. The van der Waals surface area contributed by atoms with Gasteiger partial charge < -0.3 is 10.1 Å². The van der Waals surface area contributed by atoms with Crippen molar-refractivity contribution in [2.24, 2.45) is 0 Å². The molecule has 6 nitrogen and oxygen atoms in total. The highest BCUT2D eigenvalue weighted by Gasteiger charge is 2.22. The molecular formula is C26H30N4O2S. The highest BCUT2D eigenvalue weighted by Crippen LogP contribution is 2.29. The second-order valence-electron chi connectivity index (χ2n) is 8.85. The molecule has 0 spiro atoms. The van der Waals surface area contributed by atoms with E-state index in [-0.39, 0.29) is 6.03 Å². The van der Waals surface area contributed by atoms with E-state index in [2.05, 4.69) is 44.8 Å². The molecule has 33 heavy (non-hydrogen) atoms. The monoisotopic (exact) mass is 462 g/mol. The van der Waals surface area contributed by atoms with E-state index in [9.17, 15) is 4.79 Å². The van der Waals surface area contributed by atoms with E-state index in [1.807, 2.05) is 30.3 Å². The number of anilines is 1. The molecule has 1 aromatic heterocycles. The number of hydrogen-bond donors (Lipinski definition) is 2. The number of carbonyl (C=O) groups excluding carboxylic acids is 1. The largest absolute Gasteiger partial charge is 0.489 e. The minimum atomic E-state index is -0.126. The smallest absolute Gasteiger partial charge is 0.321 e. The number of ether oxygens (including phenoxy) is 1. The highest BCUT2D eigenvalue weighted by atomic mass is 32.1. The lowest BCUT2D eigenvalue weighted by Crippen LogP contribution is -2.36. The molecule has 2 heterocycles. The Morgan fingerprint density at radius 1 is 1.06 bits per heavy atom. The quantitative estimate of drug-likeness (QED) is 0.497. The zero-order chi connectivity index (χ0) is 22.5. The van der Waals surface area contributed by atoms with Crippen molar-refractivity contribution in [3.63, 3.8) is 0 Å². The van der Waals surface area contributed by atoms with Crippen LogP contribution in [0.5, 0.6) is 5.75 Å². The molecule has 2 N–H and O–H groups in total. The van der Waals surface area contributed by atoms with Crippen molar-refractivity contribution in [1.29, 1.82) is 0 Å². The Morgan fingerprint density at radius 3 is 2.64 bits per heavy atom. The van der Waals surface area contributed by atoms with Gasteiger partial charge in [0.2, 0.25) is 0 Å². The van der Waals surface area contributed by atoms with E-state index >= 15 is 0 Å². The van der Waals surface area contributed by atoms with Crippen LogP contribution in [-0.2, 0) is 26.1 Å². The summed E-state index contributed by atoms with van der Waals surface area (Å²) in [4.78, 5) is 20.6. The van der Waals surface area contributed by atoms with Gasteiger partial charge in [-0.3, -0.25) is 10.2 Å². The zero-order valence-corrected chi connectivity index (χ0v) is 19.6. The van der Waals surface area contributed by atoms with E-state index in [4.69, 9.17) is 4.74 Å². The molecule has 0 radical (unpaired) electrons. The lowest BCUT2D eigenvalue weighted by Gasteiger charge is -2.25. The fourth-order valence-corrected chi connectivity index (χ4v) is 5.56. The van der Waals surface area contributed by atoms with Crippen molar-refractivity contribution in [3.8, 4) is 5.75 Å². The van der Waals surface area contributed by atoms with Crippen molar-refractivity contribution >= 4 is 22.5 Å². The predicted octanol–water partition coefficient (Wildman–Crippen LogP) is 5.34. The van der Waals surface area contributed by atoms with E-state index in [0.717, 1.165) is 50.3 Å². The van der Waals surface area contributed by atoms with Crippen LogP contribution in [0.3, 0.4) is 0 Å². The van der Waals surface area contributed by atoms with Crippen LogP contribution in [-0.4, -0.2) is 28.5 Å². The molecule has 5 rings (SSSR count). The van der Waals surface area contributed by atoms with Gasteiger partial charge in [0.15, 0.2) is 5.13 Å². The number of nitrogens with one attached hydrogen (secondary N) is 2. The van der Waals surface area contributed by atoms with Crippen LogP contribution in [0.4, 0.5) is 9.93 Å². The molecule has 0 saturated heterocycles. The van der Waals surface area contributed by atoms with Gasteiger partial charge in [0.05, 0.1) is 5.69 Å². The van der Waals surface area contributed by atoms with Crippen molar-refractivity contribution in [2.75, 3.05) is 11.9 Å². The van der Waals surface area contributed by atoms with Crippen LogP contribution in [0.25, 0.3) is 0 Å².